The number of phenols is 1. The molecule has 0 amide bonds. The summed E-state index contributed by atoms with van der Waals surface area (Å²) in [4.78, 5) is 13.6. The molecule has 0 spiro atoms. The Morgan fingerprint density at radius 3 is 2.26 bits per heavy atom. The van der Waals surface area contributed by atoms with Gasteiger partial charge in [-0.1, -0.05) is 12.1 Å². The Bertz CT molecular complexity index is 1240. The van der Waals surface area contributed by atoms with Crippen LogP contribution in [0.5, 0.6) is 23.0 Å². The van der Waals surface area contributed by atoms with Gasteiger partial charge in [0.15, 0.2) is 17.3 Å². The number of methoxy groups -OCH3 is 3. The fraction of sp³-hybridized carbons (Fsp3) is 0.292. The first-order chi connectivity index (χ1) is 16.5. The van der Waals surface area contributed by atoms with Gasteiger partial charge in [-0.05, 0) is 58.0 Å². The third-order valence-electron chi connectivity index (χ3n) is 6.26. The molecule has 10 heteroatoms. The molecule has 3 aromatic rings. The van der Waals surface area contributed by atoms with E-state index in [2.05, 4.69) is 20.9 Å². The van der Waals surface area contributed by atoms with Crippen LogP contribution in [0.2, 0.25) is 0 Å². The Morgan fingerprint density at radius 1 is 0.941 bits per heavy atom. The van der Waals surface area contributed by atoms with Gasteiger partial charge in [0.25, 0.3) is 0 Å². The van der Waals surface area contributed by atoms with E-state index in [0.29, 0.717) is 35.6 Å². The smallest absolute Gasteiger partial charge is 0.219 e. The first-order valence-corrected chi connectivity index (χ1v) is 10.7. The fourth-order valence-electron chi connectivity index (χ4n) is 4.54. The van der Waals surface area contributed by atoms with E-state index in [1.165, 1.54) is 14.2 Å². The molecule has 1 aliphatic heterocycles. The first kappa shape index (κ1) is 21.6. The number of rotatable bonds is 5. The number of allylic oxidation sites excluding steroid dienone is 1. The van der Waals surface area contributed by atoms with Crippen molar-refractivity contribution in [3.05, 3.63) is 58.8 Å². The number of phenolic OH excluding ortho intramolecular Hbond substituents is 1. The predicted molar refractivity (Wildman–Crippen MR) is 122 cm³/mol. The molecule has 2 aliphatic rings. The van der Waals surface area contributed by atoms with Gasteiger partial charge in [-0.25, -0.2) is 4.63 Å². The van der Waals surface area contributed by atoms with Gasteiger partial charge in [-0.3, -0.25) is 4.79 Å². The highest BCUT2D eigenvalue weighted by molar-refractivity contribution is 6.01. The molecule has 2 heterocycles. The second-order valence-corrected chi connectivity index (χ2v) is 8.13. The number of hydrogen-bond acceptors (Lipinski definition) is 10. The Hall–Kier alpha value is -4.21. The largest absolute Gasteiger partial charge is 0.502 e. The molecular weight excluding hydrogens is 440 g/mol. The molecule has 176 valence electrons. The molecule has 3 N–H and O–H groups in total. The van der Waals surface area contributed by atoms with Crippen LogP contribution >= 0.6 is 0 Å². The SMILES string of the molecule is COc1ccc([C@@H]2CC(=O)C3=C(C2)Nc2nonc2N[C@@H]3c2cc(OC)c(O)c(OC)c2)cc1. The van der Waals surface area contributed by atoms with Gasteiger partial charge in [0, 0.05) is 17.7 Å². The van der Waals surface area contributed by atoms with Crippen LogP contribution in [0, 0.1) is 0 Å². The van der Waals surface area contributed by atoms with Gasteiger partial charge in [-0.15, -0.1) is 0 Å². The number of aromatic nitrogens is 2. The number of ketones is 1. The highest BCUT2D eigenvalue weighted by Gasteiger charge is 2.38. The van der Waals surface area contributed by atoms with Gasteiger partial charge in [-0.2, -0.15) is 0 Å². The van der Waals surface area contributed by atoms with E-state index in [-0.39, 0.29) is 28.9 Å². The number of ether oxygens (including phenoxy) is 3. The number of nitrogens with zero attached hydrogens (tertiary/aromatic N) is 2. The number of hydrogen-bond donors (Lipinski definition) is 3. The number of anilines is 2. The standard InChI is InChI=1S/C24H24N4O6/c1-31-15-6-4-12(5-7-15)13-8-16-20(17(29)9-13)21(26-24-23(25-16)27-34-28-24)14-10-18(32-2)22(30)19(11-14)33-3/h4-7,10-11,13,21,30H,8-9H2,1-3H3,(H,25,27)(H,26,28)/t13-,21+/m0/s1. The van der Waals surface area contributed by atoms with Crippen molar-refractivity contribution >= 4 is 17.4 Å². The molecule has 0 fully saturated rings. The summed E-state index contributed by atoms with van der Waals surface area (Å²) in [7, 11) is 4.53. The van der Waals surface area contributed by atoms with Crippen molar-refractivity contribution in [1.29, 1.82) is 0 Å². The van der Waals surface area contributed by atoms with Crippen molar-refractivity contribution in [2.75, 3.05) is 32.0 Å². The second-order valence-electron chi connectivity index (χ2n) is 8.13. The van der Waals surface area contributed by atoms with E-state index in [4.69, 9.17) is 18.8 Å². The van der Waals surface area contributed by atoms with E-state index in [1.54, 1.807) is 19.2 Å². The Kier molecular flexibility index (Phi) is 5.48. The molecule has 0 saturated carbocycles. The number of nitrogens with one attached hydrogen (secondary N) is 2. The lowest BCUT2D eigenvalue weighted by atomic mass is 9.78. The van der Waals surface area contributed by atoms with E-state index in [0.717, 1.165) is 17.0 Å². The molecule has 10 nitrogen and oxygen atoms in total. The summed E-state index contributed by atoms with van der Waals surface area (Å²) >= 11 is 0. The zero-order valence-electron chi connectivity index (χ0n) is 18.9. The summed E-state index contributed by atoms with van der Waals surface area (Å²) in [5, 5.41) is 24.8. The molecule has 1 aromatic heterocycles. The molecule has 5 rings (SSSR count). The van der Waals surface area contributed by atoms with Gasteiger partial charge in [0.05, 0.1) is 27.4 Å². The molecule has 2 aromatic carbocycles. The summed E-state index contributed by atoms with van der Waals surface area (Å²) in [6, 6.07) is 10.5. The van der Waals surface area contributed by atoms with E-state index < -0.39 is 6.04 Å². The lowest BCUT2D eigenvalue weighted by molar-refractivity contribution is -0.116. The molecule has 1 aliphatic carbocycles. The zero-order valence-corrected chi connectivity index (χ0v) is 18.9. The number of fused-ring (bicyclic) bond motifs is 1. The summed E-state index contributed by atoms with van der Waals surface area (Å²) in [5.41, 5.74) is 3.00. The normalized spacial score (nSPS) is 19.3. The second kappa shape index (κ2) is 8.62. The van der Waals surface area contributed by atoms with Crippen LogP contribution in [0.1, 0.15) is 35.9 Å². The minimum absolute atomic E-state index is 0.0137. The Balaban J connectivity index is 1.60. The van der Waals surface area contributed by atoms with Crippen LogP contribution in [0.15, 0.2) is 52.3 Å². The predicted octanol–water partition coefficient (Wildman–Crippen LogP) is 3.78. The summed E-state index contributed by atoms with van der Waals surface area (Å²) < 4.78 is 20.8. The van der Waals surface area contributed by atoms with Crippen molar-refractivity contribution in [2.24, 2.45) is 0 Å². The molecule has 0 bridgehead atoms. The molecule has 2 atom stereocenters. The molecule has 0 saturated heterocycles. The number of Topliss-reactive ketones (excluding diaryl/α,β-unsaturated/α-hetero) is 1. The van der Waals surface area contributed by atoms with Crippen LogP contribution < -0.4 is 24.8 Å². The Morgan fingerprint density at radius 2 is 1.62 bits per heavy atom. The summed E-state index contributed by atoms with van der Waals surface area (Å²) in [6.07, 6.45) is 0.928. The summed E-state index contributed by atoms with van der Waals surface area (Å²) in [5.74, 6) is 1.84. The van der Waals surface area contributed by atoms with Crippen LogP contribution in [0.3, 0.4) is 0 Å². The quantitative estimate of drug-likeness (QED) is 0.513. The maximum Gasteiger partial charge on any atom is 0.219 e. The van der Waals surface area contributed by atoms with Crippen molar-refractivity contribution in [3.63, 3.8) is 0 Å². The van der Waals surface area contributed by atoms with Crippen LogP contribution in [0.25, 0.3) is 0 Å². The maximum atomic E-state index is 13.6. The topological polar surface area (TPSA) is 128 Å². The summed E-state index contributed by atoms with van der Waals surface area (Å²) in [6.45, 7) is 0. The first-order valence-electron chi connectivity index (χ1n) is 10.7. The fourth-order valence-corrected chi connectivity index (χ4v) is 4.54. The third kappa shape index (κ3) is 3.66. The zero-order chi connectivity index (χ0) is 23.8. The Labute approximate surface area is 195 Å². The number of carbonyl (C=O) groups excluding carboxylic acids is 1. The number of aromatic hydroxyl groups is 1. The van der Waals surface area contributed by atoms with Crippen LogP contribution in [-0.2, 0) is 4.79 Å². The van der Waals surface area contributed by atoms with Gasteiger partial charge in [0.1, 0.15) is 5.75 Å². The van der Waals surface area contributed by atoms with Crippen LogP contribution in [0.4, 0.5) is 11.6 Å². The lowest BCUT2D eigenvalue weighted by Crippen LogP contribution is -2.27. The van der Waals surface area contributed by atoms with Gasteiger partial charge >= 0.3 is 0 Å². The third-order valence-corrected chi connectivity index (χ3v) is 6.26. The average molecular weight is 464 g/mol. The molecule has 34 heavy (non-hydrogen) atoms. The monoisotopic (exact) mass is 464 g/mol. The van der Waals surface area contributed by atoms with E-state index in [1.807, 2.05) is 24.3 Å². The van der Waals surface area contributed by atoms with E-state index in [9.17, 15) is 9.90 Å². The van der Waals surface area contributed by atoms with Gasteiger partial charge in [0.2, 0.25) is 17.4 Å². The number of benzene rings is 2. The molecule has 0 unspecified atom stereocenters. The van der Waals surface area contributed by atoms with E-state index >= 15 is 0 Å². The van der Waals surface area contributed by atoms with Crippen molar-refractivity contribution < 1.29 is 28.7 Å². The molecule has 0 radical (unpaired) electrons. The lowest BCUT2D eigenvalue weighted by Gasteiger charge is -2.30. The highest BCUT2D eigenvalue weighted by atomic mass is 16.6. The van der Waals surface area contributed by atoms with Crippen molar-refractivity contribution in [3.8, 4) is 23.0 Å². The maximum absolute atomic E-state index is 13.6. The van der Waals surface area contributed by atoms with Gasteiger partial charge < -0.3 is 30.0 Å². The minimum atomic E-state index is -0.594. The average Bonchev–Trinajstić information content (AvgIpc) is 3.22. The van der Waals surface area contributed by atoms with Crippen LogP contribution in [-0.4, -0.2) is 42.5 Å². The number of carbonyl (C=O) groups is 1. The molecular formula is C24H24N4O6. The minimum Gasteiger partial charge on any atom is -0.502 e. The van der Waals surface area contributed by atoms with Crippen molar-refractivity contribution in [1.82, 2.24) is 10.3 Å². The highest BCUT2D eigenvalue weighted by Crippen LogP contribution is 2.46. The van der Waals surface area contributed by atoms with Crippen molar-refractivity contribution in [2.45, 2.75) is 24.8 Å².